The van der Waals surface area contributed by atoms with E-state index in [-0.39, 0.29) is 18.0 Å². The van der Waals surface area contributed by atoms with Crippen LogP contribution in [-0.4, -0.2) is 85.0 Å². The van der Waals surface area contributed by atoms with Crippen LogP contribution >= 0.6 is 0 Å². The Morgan fingerprint density at radius 1 is 0.947 bits per heavy atom. The van der Waals surface area contributed by atoms with Gasteiger partial charge in [-0.3, -0.25) is 9.80 Å². The molecule has 10 nitrogen and oxygen atoms in total. The molecule has 3 heterocycles. The van der Waals surface area contributed by atoms with Gasteiger partial charge in [-0.2, -0.15) is 9.29 Å². The zero-order valence-electron chi connectivity index (χ0n) is 22.7. The Balaban J connectivity index is 1.17. The van der Waals surface area contributed by atoms with Gasteiger partial charge in [0.15, 0.2) is 0 Å². The van der Waals surface area contributed by atoms with Gasteiger partial charge in [-0.05, 0) is 30.7 Å². The highest BCUT2D eigenvalue weighted by Crippen LogP contribution is 2.25. The van der Waals surface area contributed by atoms with Gasteiger partial charge >= 0.3 is 6.09 Å². The number of hydrogen-bond acceptors (Lipinski definition) is 8. The third kappa shape index (κ3) is 7.77. The van der Waals surface area contributed by atoms with Crippen LogP contribution in [0.4, 0.5) is 10.5 Å². The first-order valence-corrected chi connectivity index (χ1v) is 15.6. The second kappa shape index (κ2) is 13.5. The molecule has 0 radical (unpaired) electrons. The predicted octanol–water partition coefficient (Wildman–Crippen LogP) is 4.46. The van der Waals surface area contributed by atoms with E-state index in [0.717, 1.165) is 30.5 Å². The summed E-state index contributed by atoms with van der Waals surface area (Å²) in [6, 6.07) is 7.41. The van der Waals surface area contributed by atoms with Gasteiger partial charge in [-0.1, -0.05) is 57.0 Å². The zero-order valence-corrected chi connectivity index (χ0v) is 23.5. The molecular weight excluding hydrogens is 506 g/mol. The molecule has 0 saturated carbocycles. The van der Waals surface area contributed by atoms with Crippen molar-refractivity contribution in [2.75, 3.05) is 49.9 Å². The molecular formula is C27H41N5O5S. The summed E-state index contributed by atoms with van der Waals surface area (Å²) >= 11 is 0. The zero-order chi connectivity index (χ0) is 27.0. The lowest BCUT2D eigenvalue weighted by atomic mass is 10.1. The highest BCUT2D eigenvalue weighted by atomic mass is 32.2. The molecule has 0 bridgehead atoms. The van der Waals surface area contributed by atoms with E-state index < -0.39 is 10.0 Å². The highest BCUT2D eigenvalue weighted by molar-refractivity contribution is 7.89. The molecule has 210 valence electrons. The van der Waals surface area contributed by atoms with Crippen molar-refractivity contribution in [3.05, 3.63) is 30.2 Å². The molecule has 1 aromatic carbocycles. The van der Waals surface area contributed by atoms with E-state index in [9.17, 15) is 13.2 Å². The number of cyclic esters (lactones) is 1. The maximum Gasteiger partial charge on any atom is 0.414 e. The number of carbonyl (C=O) groups is 1. The average Bonchev–Trinajstić information content (AvgIpc) is 3.51. The standard InChI is InChI=1S/C27H41N5O5S/c1-3-4-5-6-7-8-9-10-19-38(34,35)31-17-15-30(16-18-31)20-25-21-32(27(33)36-25)24-13-11-23(12-14-24)26-28-22(2)37-29-26/h11-14,25H,3-10,15-21H2,1-2H3. The van der Waals surface area contributed by atoms with Crippen molar-refractivity contribution < 1.29 is 22.5 Å². The first-order valence-electron chi connectivity index (χ1n) is 13.9. The Labute approximate surface area is 226 Å². The molecule has 1 atom stereocenters. The van der Waals surface area contributed by atoms with Gasteiger partial charge in [0.2, 0.25) is 21.7 Å². The fourth-order valence-electron chi connectivity index (χ4n) is 5.06. The molecule has 2 aliphatic rings. The molecule has 2 aromatic rings. The summed E-state index contributed by atoms with van der Waals surface area (Å²) in [5.41, 5.74) is 1.56. The number of carbonyl (C=O) groups excluding carboxylic acids is 1. The molecule has 1 amide bonds. The summed E-state index contributed by atoms with van der Waals surface area (Å²) in [5.74, 6) is 1.24. The van der Waals surface area contributed by atoms with Crippen LogP contribution in [0, 0.1) is 6.92 Å². The third-order valence-corrected chi connectivity index (χ3v) is 9.24. The van der Waals surface area contributed by atoms with Gasteiger partial charge in [0.25, 0.3) is 0 Å². The maximum atomic E-state index is 12.8. The normalized spacial score (nSPS) is 19.3. The number of anilines is 1. The molecule has 1 unspecified atom stereocenters. The monoisotopic (exact) mass is 547 g/mol. The van der Waals surface area contributed by atoms with E-state index in [4.69, 9.17) is 9.26 Å². The Morgan fingerprint density at radius 3 is 2.24 bits per heavy atom. The first-order chi connectivity index (χ1) is 18.4. The Bertz CT molecular complexity index is 1130. The van der Waals surface area contributed by atoms with Crippen molar-refractivity contribution >= 4 is 21.8 Å². The van der Waals surface area contributed by atoms with E-state index in [0.29, 0.717) is 51.0 Å². The lowest BCUT2D eigenvalue weighted by Crippen LogP contribution is -2.51. The minimum absolute atomic E-state index is 0.238. The number of ether oxygens (including phenoxy) is 1. The van der Waals surface area contributed by atoms with Gasteiger partial charge in [0.05, 0.1) is 12.3 Å². The quantitative estimate of drug-likeness (QED) is 0.319. The summed E-state index contributed by atoms with van der Waals surface area (Å²) in [6.45, 7) is 7.26. The molecule has 2 fully saturated rings. The van der Waals surface area contributed by atoms with Gasteiger partial charge in [-0.25, -0.2) is 13.2 Å². The number of rotatable bonds is 14. The number of sulfonamides is 1. The molecule has 11 heteroatoms. The Kier molecular flexibility index (Phi) is 10.1. The summed E-state index contributed by atoms with van der Waals surface area (Å²) in [6.07, 6.45) is 8.48. The third-order valence-electron chi connectivity index (χ3n) is 7.28. The lowest BCUT2D eigenvalue weighted by Gasteiger charge is -2.34. The van der Waals surface area contributed by atoms with Crippen LogP contribution in [0.3, 0.4) is 0 Å². The van der Waals surface area contributed by atoms with Crippen LogP contribution in [0.5, 0.6) is 0 Å². The summed E-state index contributed by atoms with van der Waals surface area (Å²) < 4.78 is 37.9. The van der Waals surface area contributed by atoms with Crippen LogP contribution in [0.15, 0.2) is 28.8 Å². The molecule has 2 aliphatic heterocycles. The lowest BCUT2D eigenvalue weighted by molar-refractivity contribution is 0.0937. The number of unbranched alkanes of at least 4 members (excludes halogenated alkanes) is 7. The number of amides is 1. The van der Waals surface area contributed by atoms with Crippen LogP contribution in [-0.2, 0) is 14.8 Å². The first kappa shape index (κ1) is 28.5. The van der Waals surface area contributed by atoms with Crippen molar-refractivity contribution in [3.63, 3.8) is 0 Å². The van der Waals surface area contributed by atoms with E-state index in [2.05, 4.69) is 22.0 Å². The number of aryl methyl sites for hydroxylation is 1. The van der Waals surface area contributed by atoms with E-state index in [1.165, 1.54) is 32.1 Å². The van der Waals surface area contributed by atoms with Gasteiger partial charge in [0.1, 0.15) is 6.10 Å². The fourth-order valence-corrected chi connectivity index (χ4v) is 6.61. The van der Waals surface area contributed by atoms with E-state index >= 15 is 0 Å². The van der Waals surface area contributed by atoms with Gasteiger partial charge in [-0.15, -0.1) is 0 Å². The SMILES string of the molecule is CCCCCCCCCCS(=O)(=O)N1CCN(CC2CN(c3ccc(-c4noc(C)n4)cc3)C(=O)O2)CC1. The number of nitrogens with zero attached hydrogens (tertiary/aromatic N) is 5. The van der Waals surface area contributed by atoms with Crippen LogP contribution in [0.25, 0.3) is 11.4 Å². The molecule has 0 spiro atoms. The number of benzene rings is 1. The molecule has 38 heavy (non-hydrogen) atoms. The van der Waals surface area contributed by atoms with Crippen molar-refractivity contribution in [3.8, 4) is 11.4 Å². The summed E-state index contributed by atoms with van der Waals surface area (Å²) in [5, 5.41) is 3.92. The molecule has 2 saturated heterocycles. The van der Waals surface area contributed by atoms with Crippen LogP contribution < -0.4 is 4.90 Å². The molecule has 1 aromatic heterocycles. The minimum atomic E-state index is -3.21. The number of piperazine rings is 1. The second-order valence-electron chi connectivity index (χ2n) is 10.3. The van der Waals surface area contributed by atoms with Crippen LogP contribution in [0.2, 0.25) is 0 Å². The van der Waals surface area contributed by atoms with Crippen molar-refractivity contribution in [2.45, 2.75) is 71.3 Å². The minimum Gasteiger partial charge on any atom is -0.443 e. The van der Waals surface area contributed by atoms with Crippen LogP contribution in [0.1, 0.15) is 64.2 Å². The smallest absolute Gasteiger partial charge is 0.414 e. The summed E-state index contributed by atoms with van der Waals surface area (Å²) in [7, 11) is -3.21. The van der Waals surface area contributed by atoms with Crippen molar-refractivity contribution in [1.82, 2.24) is 19.3 Å². The van der Waals surface area contributed by atoms with Crippen molar-refractivity contribution in [2.24, 2.45) is 0 Å². The second-order valence-corrected chi connectivity index (χ2v) is 12.4. The topological polar surface area (TPSA) is 109 Å². The average molecular weight is 548 g/mol. The summed E-state index contributed by atoms with van der Waals surface area (Å²) in [4.78, 5) is 20.6. The van der Waals surface area contributed by atoms with E-state index in [1.54, 1.807) is 16.1 Å². The Morgan fingerprint density at radius 2 is 1.61 bits per heavy atom. The fraction of sp³-hybridized carbons (Fsp3) is 0.667. The van der Waals surface area contributed by atoms with Crippen molar-refractivity contribution in [1.29, 1.82) is 0 Å². The van der Waals surface area contributed by atoms with Gasteiger partial charge < -0.3 is 9.26 Å². The van der Waals surface area contributed by atoms with E-state index in [1.807, 2.05) is 24.3 Å². The molecule has 0 aliphatic carbocycles. The predicted molar refractivity (Wildman–Crippen MR) is 146 cm³/mol. The molecule has 0 N–H and O–H groups in total. The number of hydrogen-bond donors (Lipinski definition) is 0. The highest BCUT2D eigenvalue weighted by Gasteiger charge is 2.35. The molecule has 4 rings (SSSR count). The Hall–Kier alpha value is -2.50. The maximum absolute atomic E-state index is 12.8. The number of aromatic nitrogens is 2. The largest absolute Gasteiger partial charge is 0.443 e. The van der Waals surface area contributed by atoms with Gasteiger partial charge in [0, 0.05) is 50.9 Å².